The first kappa shape index (κ1) is 20.9. The smallest absolute Gasteiger partial charge is 0.330 e. The van der Waals surface area contributed by atoms with Gasteiger partial charge in [0.25, 0.3) is 5.56 Å². The van der Waals surface area contributed by atoms with Crippen molar-refractivity contribution in [3.05, 3.63) is 56.7 Å². The molecule has 1 saturated heterocycles. The van der Waals surface area contributed by atoms with Gasteiger partial charge in [0, 0.05) is 13.1 Å². The van der Waals surface area contributed by atoms with Crippen LogP contribution in [0.5, 0.6) is 0 Å². The van der Waals surface area contributed by atoms with Gasteiger partial charge in [-0.25, -0.2) is 4.79 Å². The largest absolute Gasteiger partial charge is 0.383 e. The van der Waals surface area contributed by atoms with Gasteiger partial charge in [-0.05, 0) is 37.8 Å². The van der Waals surface area contributed by atoms with Crippen LogP contribution in [0.15, 0.2) is 39.9 Å². The van der Waals surface area contributed by atoms with Gasteiger partial charge in [0.15, 0.2) is 5.69 Å². The topological polar surface area (TPSA) is 104 Å². The predicted molar refractivity (Wildman–Crippen MR) is 114 cm³/mol. The van der Waals surface area contributed by atoms with E-state index in [1.165, 1.54) is 15.9 Å². The second-order valence-corrected chi connectivity index (χ2v) is 7.69. The van der Waals surface area contributed by atoms with E-state index in [4.69, 9.17) is 5.73 Å². The highest BCUT2D eigenvalue weighted by Crippen LogP contribution is 2.20. The summed E-state index contributed by atoms with van der Waals surface area (Å²) in [5, 5.41) is 0. The Morgan fingerprint density at radius 2 is 2.00 bits per heavy atom. The Morgan fingerprint density at radius 3 is 2.66 bits per heavy atom. The third-order valence-corrected chi connectivity index (χ3v) is 5.38. The van der Waals surface area contributed by atoms with Gasteiger partial charge in [0.1, 0.15) is 5.82 Å². The Morgan fingerprint density at radius 1 is 1.28 bits per heavy atom. The van der Waals surface area contributed by atoms with Gasteiger partial charge in [-0.2, -0.15) is 0 Å². The van der Waals surface area contributed by atoms with Gasteiger partial charge in [0.05, 0.1) is 13.1 Å². The number of nitrogens with zero attached hydrogens (tertiary/aromatic N) is 3. The Labute approximate surface area is 169 Å². The zero-order valence-corrected chi connectivity index (χ0v) is 17.1. The summed E-state index contributed by atoms with van der Waals surface area (Å²) in [7, 11) is 0. The summed E-state index contributed by atoms with van der Waals surface area (Å²) in [5.41, 5.74) is 5.92. The zero-order chi connectivity index (χ0) is 21.0. The number of nitrogens with one attached hydrogen (secondary N) is 1. The third kappa shape index (κ3) is 4.76. The fraction of sp³-hybridized carbons (Fsp3) is 0.476. The molecule has 0 radical (unpaired) electrons. The minimum Gasteiger partial charge on any atom is -0.383 e. The number of anilines is 2. The fourth-order valence-corrected chi connectivity index (χ4v) is 3.93. The molecule has 2 aromatic rings. The Balaban J connectivity index is 1.90. The second kappa shape index (κ2) is 9.09. The van der Waals surface area contributed by atoms with E-state index in [2.05, 4.69) is 16.8 Å². The lowest BCUT2D eigenvalue weighted by molar-refractivity contribution is -0.120. The fourth-order valence-electron chi connectivity index (χ4n) is 3.93. The number of aromatic amines is 1. The van der Waals surface area contributed by atoms with Crippen LogP contribution in [0.4, 0.5) is 11.5 Å². The number of benzene rings is 1. The Kier molecular flexibility index (Phi) is 6.53. The van der Waals surface area contributed by atoms with Crippen molar-refractivity contribution in [2.75, 3.05) is 36.8 Å². The molecule has 1 atom stereocenters. The molecule has 8 heteroatoms. The lowest BCUT2D eigenvalue weighted by Crippen LogP contribution is -2.47. The van der Waals surface area contributed by atoms with Crippen LogP contribution >= 0.6 is 0 Å². The molecule has 1 aromatic carbocycles. The molecule has 1 amide bonds. The van der Waals surface area contributed by atoms with E-state index in [0.717, 1.165) is 25.1 Å². The molecule has 8 nitrogen and oxygen atoms in total. The second-order valence-electron chi connectivity index (χ2n) is 7.69. The Hall–Kier alpha value is -2.87. The maximum atomic E-state index is 13.0. The first-order chi connectivity index (χ1) is 13.9. The molecule has 0 aliphatic carbocycles. The molecule has 0 spiro atoms. The normalized spacial score (nSPS) is 17.2. The number of carbonyl (C=O) groups excluding carboxylic acids is 1. The van der Waals surface area contributed by atoms with E-state index < -0.39 is 11.2 Å². The number of aromatic nitrogens is 2. The molecular formula is C21H29N5O3. The monoisotopic (exact) mass is 399 g/mol. The number of hydrogen-bond acceptors (Lipinski definition) is 5. The van der Waals surface area contributed by atoms with E-state index in [1.54, 1.807) is 6.92 Å². The minimum atomic E-state index is -0.640. The molecule has 2 heterocycles. The summed E-state index contributed by atoms with van der Waals surface area (Å²) in [6.07, 6.45) is 2.23. The highest BCUT2D eigenvalue weighted by Gasteiger charge is 2.26. The summed E-state index contributed by atoms with van der Waals surface area (Å²) in [6, 6.07) is 9.36. The van der Waals surface area contributed by atoms with Crippen molar-refractivity contribution in [2.45, 2.75) is 33.2 Å². The maximum absolute atomic E-state index is 13.0. The van der Waals surface area contributed by atoms with E-state index in [1.807, 2.05) is 30.3 Å². The summed E-state index contributed by atoms with van der Waals surface area (Å²) < 4.78 is 1.30. The zero-order valence-electron chi connectivity index (χ0n) is 17.1. The van der Waals surface area contributed by atoms with E-state index in [-0.39, 0.29) is 30.5 Å². The molecule has 29 heavy (non-hydrogen) atoms. The summed E-state index contributed by atoms with van der Waals surface area (Å²) >= 11 is 0. The number of piperidine rings is 1. The molecule has 0 saturated carbocycles. The van der Waals surface area contributed by atoms with Crippen molar-refractivity contribution in [3.63, 3.8) is 0 Å². The van der Waals surface area contributed by atoms with E-state index >= 15 is 0 Å². The summed E-state index contributed by atoms with van der Waals surface area (Å²) in [5.74, 6) is 0.362. The maximum Gasteiger partial charge on any atom is 0.330 e. The molecule has 3 N–H and O–H groups in total. The van der Waals surface area contributed by atoms with Crippen molar-refractivity contribution in [1.82, 2.24) is 14.5 Å². The molecule has 0 unspecified atom stereocenters. The molecule has 1 aliphatic heterocycles. The average Bonchev–Trinajstić information content (AvgIpc) is 2.69. The van der Waals surface area contributed by atoms with Crippen molar-refractivity contribution >= 4 is 17.4 Å². The first-order valence-corrected chi connectivity index (χ1v) is 10.1. The molecule has 1 aliphatic rings. The number of hydrogen-bond donors (Lipinski definition) is 2. The number of rotatable bonds is 6. The number of likely N-dealkylation sites (tertiary alicyclic amines) is 1. The van der Waals surface area contributed by atoms with Gasteiger partial charge >= 0.3 is 5.69 Å². The summed E-state index contributed by atoms with van der Waals surface area (Å²) in [6.45, 7) is 6.44. The molecule has 156 valence electrons. The third-order valence-electron chi connectivity index (χ3n) is 5.38. The van der Waals surface area contributed by atoms with Crippen molar-refractivity contribution in [1.29, 1.82) is 0 Å². The number of likely N-dealkylation sites (N-methyl/N-ethyl adjacent to an activating group) is 1. The number of carbonyl (C=O) groups is 1. The number of nitrogens with two attached hydrogens (primary N) is 1. The quantitative estimate of drug-likeness (QED) is 0.761. The highest BCUT2D eigenvalue weighted by atomic mass is 16.2. The number of H-pyrrole nitrogens is 1. The minimum absolute atomic E-state index is 0.00446. The lowest BCUT2D eigenvalue weighted by Gasteiger charge is -2.32. The lowest BCUT2D eigenvalue weighted by atomic mass is 10.0. The van der Waals surface area contributed by atoms with Crippen LogP contribution in [0.25, 0.3) is 0 Å². The first-order valence-electron chi connectivity index (χ1n) is 10.1. The van der Waals surface area contributed by atoms with Crippen molar-refractivity contribution in [3.8, 4) is 0 Å². The van der Waals surface area contributed by atoms with E-state index in [0.29, 0.717) is 12.5 Å². The van der Waals surface area contributed by atoms with E-state index in [9.17, 15) is 14.4 Å². The van der Waals surface area contributed by atoms with Crippen LogP contribution in [0, 0.1) is 5.92 Å². The van der Waals surface area contributed by atoms with Crippen LogP contribution in [-0.4, -0.2) is 46.5 Å². The average molecular weight is 399 g/mol. The van der Waals surface area contributed by atoms with Crippen LogP contribution in [0.3, 0.4) is 0 Å². The summed E-state index contributed by atoms with van der Waals surface area (Å²) in [4.78, 5) is 43.7. The van der Waals surface area contributed by atoms with Gasteiger partial charge in [0.2, 0.25) is 5.91 Å². The van der Waals surface area contributed by atoms with Crippen LogP contribution in [0.1, 0.15) is 32.3 Å². The number of amides is 1. The highest BCUT2D eigenvalue weighted by molar-refractivity contribution is 5.96. The van der Waals surface area contributed by atoms with Crippen LogP contribution in [-0.2, 0) is 11.3 Å². The van der Waals surface area contributed by atoms with Crippen LogP contribution in [0.2, 0.25) is 0 Å². The van der Waals surface area contributed by atoms with Crippen LogP contribution < -0.4 is 21.9 Å². The van der Waals surface area contributed by atoms with Gasteiger partial charge in [-0.3, -0.25) is 24.0 Å². The Bertz CT molecular complexity index is 967. The number of nitrogen functional groups attached to an aromatic ring is 1. The molecule has 3 rings (SSSR count). The molecular weight excluding hydrogens is 370 g/mol. The predicted octanol–water partition coefficient (Wildman–Crippen LogP) is 1.25. The van der Waals surface area contributed by atoms with Crippen molar-refractivity contribution < 1.29 is 4.79 Å². The SMILES string of the molecule is CCN(C(=O)CN1CCC[C@@H](C)C1)c1c(N)n(Cc2ccccc2)c(=O)[nH]c1=O. The standard InChI is InChI=1S/C21H29N5O3/c1-3-25(17(27)14-24-11-7-8-15(2)12-24)18-19(22)26(21(29)23-20(18)28)13-16-9-5-4-6-10-16/h4-6,9-10,15H,3,7-8,11-14,22H2,1-2H3,(H,23,28,29)/t15-/m1/s1. The molecule has 1 aromatic heterocycles. The van der Waals surface area contributed by atoms with Gasteiger partial charge in [-0.1, -0.05) is 37.3 Å². The van der Waals surface area contributed by atoms with Gasteiger partial charge < -0.3 is 10.6 Å². The van der Waals surface area contributed by atoms with Gasteiger partial charge in [-0.15, -0.1) is 0 Å². The van der Waals surface area contributed by atoms with Crippen molar-refractivity contribution in [2.24, 2.45) is 5.92 Å². The molecule has 0 bridgehead atoms. The molecule has 1 fully saturated rings.